The number of benzene rings is 1. The van der Waals surface area contributed by atoms with Crippen LogP contribution in [0.5, 0.6) is 5.75 Å². The lowest BCUT2D eigenvalue weighted by atomic mass is 10.0. The van der Waals surface area contributed by atoms with E-state index in [2.05, 4.69) is 36.9 Å². The van der Waals surface area contributed by atoms with Gasteiger partial charge >= 0.3 is 0 Å². The van der Waals surface area contributed by atoms with Crippen molar-refractivity contribution in [1.82, 2.24) is 16.2 Å². The van der Waals surface area contributed by atoms with E-state index in [1.54, 1.807) is 0 Å². The Morgan fingerprint density at radius 3 is 2.52 bits per heavy atom. The normalized spacial score (nSPS) is 10.2. The number of nitrogens with one attached hydrogen (secondary N) is 3. The highest BCUT2D eigenvalue weighted by Gasteiger charge is 2.10. The fraction of sp³-hybridized carbons (Fsp3) is 0.500. The zero-order valence-corrected chi connectivity index (χ0v) is 15.9. The van der Waals surface area contributed by atoms with Crippen molar-refractivity contribution in [2.75, 3.05) is 6.61 Å². The molecule has 0 heterocycles. The lowest BCUT2D eigenvalue weighted by Gasteiger charge is -2.14. The van der Waals surface area contributed by atoms with Gasteiger partial charge in [0.2, 0.25) is 5.91 Å². The molecule has 7 heteroatoms. The monoisotopic (exact) mass is 365 g/mol. The molecular weight excluding hydrogens is 338 g/mol. The number of carbonyl (C=O) groups excluding carboxylic acids is 2. The smallest absolute Gasteiger partial charge is 0.276 e. The van der Waals surface area contributed by atoms with Crippen molar-refractivity contribution in [3.05, 3.63) is 29.8 Å². The van der Waals surface area contributed by atoms with Gasteiger partial charge in [0.15, 0.2) is 11.7 Å². The molecule has 0 aliphatic heterocycles. The average Bonchev–Trinajstić information content (AvgIpc) is 2.58. The summed E-state index contributed by atoms with van der Waals surface area (Å²) in [4.78, 5) is 23.4. The summed E-state index contributed by atoms with van der Waals surface area (Å²) in [5.41, 5.74) is 5.94. The average molecular weight is 365 g/mol. The van der Waals surface area contributed by atoms with E-state index in [0.717, 1.165) is 24.8 Å². The van der Waals surface area contributed by atoms with E-state index in [9.17, 15) is 9.59 Å². The van der Waals surface area contributed by atoms with Gasteiger partial charge in [-0.1, -0.05) is 51.8 Å². The molecule has 0 saturated heterocycles. The minimum atomic E-state index is -0.388. The second kappa shape index (κ2) is 11.4. The lowest BCUT2D eigenvalue weighted by Crippen LogP contribution is -2.49. The predicted octanol–water partition coefficient (Wildman–Crippen LogP) is 2.79. The number of ether oxygens (including phenoxy) is 1. The Balaban J connectivity index is 2.31. The molecule has 1 rings (SSSR count). The summed E-state index contributed by atoms with van der Waals surface area (Å²) in [6, 6.07) is 7.60. The molecule has 0 unspecified atom stereocenters. The quantitative estimate of drug-likeness (QED) is 0.375. The maximum atomic E-state index is 11.8. The van der Waals surface area contributed by atoms with Crippen LogP contribution in [0.25, 0.3) is 0 Å². The second-order valence-electron chi connectivity index (χ2n) is 5.99. The van der Waals surface area contributed by atoms with Gasteiger partial charge in [0.1, 0.15) is 5.75 Å². The number of thiocarbonyl (C=S) groups is 1. The third-order valence-electron chi connectivity index (χ3n) is 3.48. The highest BCUT2D eigenvalue weighted by molar-refractivity contribution is 7.80. The molecule has 0 fully saturated rings. The summed E-state index contributed by atoms with van der Waals surface area (Å²) >= 11 is 4.96. The SMILES string of the molecule is CCCCCC(=O)NC(=S)NNC(=O)COc1ccccc1C(C)C. The second-order valence-corrected chi connectivity index (χ2v) is 6.40. The van der Waals surface area contributed by atoms with Crippen LogP contribution in [0.3, 0.4) is 0 Å². The molecule has 0 aliphatic carbocycles. The van der Waals surface area contributed by atoms with Crippen LogP contribution in [0.15, 0.2) is 24.3 Å². The molecule has 0 bridgehead atoms. The first-order valence-corrected chi connectivity index (χ1v) is 8.95. The summed E-state index contributed by atoms with van der Waals surface area (Å²) in [5, 5.41) is 2.58. The Hall–Kier alpha value is -2.15. The highest BCUT2D eigenvalue weighted by Crippen LogP contribution is 2.25. The van der Waals surface area contributed by atoms with Crippen LogP contribution in [0, 0.1) is 0 Å². The van der Waals surface area contributed by atoms with Crippen molar-refractivity contribution in [1.29, 1.82) is 0 Å². The van der Waals surface area contributed by atoms with E-state index in [1.165, 1.54) is 0 Å². The zero-order chi connectivity index (χ0) is 18.7. The van der Waals surface area contributed by atoms with Gasteiger partial charge in [0, 0.05) is 6.42 Å². The molecular formula is C18H27N3O3S. The van der Waals surface area contributed by atoms with Gasteiger partial charge in [-0.2, -0.15) is 0 Å². The Kier molecular flexibility index (Phi) is 9.54. The van der Waals surface area contributed by atoms with Crippen LogP contribution < -0.4 is 20.9 Å². The first-order chi connectivity index (χ1) is 11.9. The van der Waals surface area contributed by atoms with Crippen LogP contribution >= 0.6 is 12.2 Å². The zero-order valence-electron chi connectivity index (χ0n) is 15.1. The van der Waals surface area contributed by atoms with Crippen molar-refractivity contribution in [3.63, 3.8) is 0 Å². The van der Waals surface area contributed by atoms with Crippen LogP contribution in [0.1, 0.15) is 57.9 Å². The van der Waals surface area contributed by atoms with Crippen molar-refractivity contribution < 1.29 is 14.3 Å². The van der Waals surface area contributed by atoms with E-state index >= 15 is 0 Å². The van der Waals surface area contributed by atoms with Crippen molar-refractivity contribution in [3.8, 4) is 5.75 Å². The van der Waals surface area contributed by atoms with Crippen molar-refractivity contribution in [2.24, 2.45) is 0 Å². The van der Waals surface area contributed by atoms with E-state index in [1.807, 2.05) is 24.3 Å². The van der Waals surface area contributed by atoms with Gasteiger partial charge in [-0.3, -0.25) is 20.4 Å². The standard InChI is InChI=1S/C18H27N3O3S/c1-4-5-6-11-16(22)19-18(25)21-20-17(23)12-24-15-10-8-7-9-14(15)13(2)3/h7-10,13H,4-6,11-12H2,1-3H3,(H,20,23)(H2,19,21,22,25). The first-order valence-electron chi connectivity index (χ1n) is 8.54. The minimum Gasteiger partial charge on any atom is -0.483 e. The van der Waals surface area contributed by atoms with E-state index in [0.29, 0.717) is 18.1 Å². The molecule has 138 valence electrons. The van der Waals surface area contributed by atoms with Crippen molar-refractivity contribution in [2.45, 2.75) is 52.4 Å². The molecule has 0 aromatic heterocycles. The molecule has 3 N–H and O–H groups in total. The van der Waals surface area contributed by atoms with Gasteiger partial charge in [-0.05, 0) is 36.2 Å². The highest BCUT2D eigenvalue weighted by atomic mass is 32.1. The van der Waals surface area contributed by atoms with E-state index in [-0.39, 0.29) is 23.5 Å². The molecule has 1 aromatic carbocycles. The molecule has 6 nitrogen and oxygen atoms in total. The number of hydrogen-bond donors (Lipinski definition) is 3. The van der Waals surface area contributed by atoms with Gasteiger partial charge < -0.3 is 10.1 Å². The summed E-state index contributed by atoms with van der Waals surface area (Å²) < 4.78 is 5.56. The number of hydrogen-bond acceptors (Lipinski definition) is 4. The lowest BCUT2D eigenvalue weighted by molar-refractivity contribution is -0.124. The van der Waals surface area contributed by atoms with Gasteiger partial charge in [-0.25, -0.2) is 0 Å². The minimum absolute atomic E-state index is 0.0671. The molecule has 0 saturated carbocycles. The summed E-state index contributed by atoms with van der Waals surface area (Å²) in [6.45, 7) is 6.04. The number of rotatable bonds is 8. The van der Waals surface area contributed by atoms with Crippen LogP contribution in [-0.2, 0) is 9.59 Å². The topological polar surface area (TPSA) is 79.5 Å². The van der Waals surface area contributed by atoms with E-state index < -0.39 is 0 Å². The molecule has 0 spiro atoms. The third kappa shape index (κ3) is 8.49. The number of carbonyl (C=O) groups is 2. The van der Waals surface area contributed by atoms with Crippen LogP contribution in [0.2, 0.25) is 0 Å². The molecule has 2 amide bonds. The number of para-hydroxylation sites is 1. The molecule has 0 atom stereocenters. The maximum Gasteiger partial charge on any atom is 0.276 e. The van der Waals surface area contributed by atoms with E-state index in [4.69, 9.17) is 17.0 Å². The summed E-state index contributed by atoms with van der Waals surface area (Å²) in [5.74, 6) is 0.427. The molecule has 0 aliphatic rings. The Morgan fingerprint density at radius 1 is 1.12 bits per heavy atom. The third-order valence-corrected chi connectivity index (χ3v) is 3.68. The van der Waals surface area contributed by atoms with Gasteiger partial charge in [0.05, 0.1) is 0 Å². The summed E-state index contributed by atoms with van der Waals surface area (Å²) in [6.07, 6.45) is 3.28. The fourth-order valence-corrected chi connectivity index (χ4v) is 2.32. The largest absolute Gasteiger partial charge is 0.483 e. The summed E-state index contributed by atoms with van der Waals surface area (Å²) in [7, 11) is 0. The molecule has 25 heavy (non-hydrogen) atoms. The van der Waals surface area contributed by atoms with Crippen LogP contribution in [0.4, 0.5) is 0 Å². The predicted molar refractivity (Wildman–Crippen MR) is 102 cm³/mol. The van der Waals surface area contributed by atoms with Gasteiger partial charge in [0.25, 0.3) is 5.91 Å². The number of amides is 2. The Bertz CT molecular complexity index is 591. The number of unbranched alkanes of at least 4 members (excludes halogenated alkanes) is 2. The maximum absolute atomic E-state index is 11.8. The van der Waals surface area contributed by atoms with Crippen LogP contribution in [-0.4, -0.2) is 23.5 Å². The Labute approximate surface area is 154 Å². The van der Waals surface area contributed by atoms with Gasteiger partial charge in [-0.15, -0.1) is 0 Å². The molecule has 1 aromatic rings. The first kappa shape index (κ1) is 20.9. The Morgan fingerprint density at radius 2 is 1.84 bits per heavy atom. The molecule has 0 radical (unpaired) electrons. The fourth-order valence-electron chi connectivity index (χ4n) is 2.15. The van der Waals surface area contributed by atoms with Crippen molar-refractivity contribution >= 4 is 29.1 Å². The number of hydrazine groups is 1.